The first kappa shape index (κ1) is 12.6. The number of hydrogen-bond acceptors (Lipinski definition) is 2. The lowest BCUT2D eigenvalue weighted by molar-refractivity contribution is -0.120. The van der Waals surface area contributed by atoms with Crippen molar-refractivity contribution in [1.29, 1.82) is 0 Å². The van der Waals surface area contributed by atoms with E-state index < -0.39 is 0 Å². The van der Waals surface area contributed by atoms with E-state index in [1.54, 1.807) is 0 Å². The highest BCUT2D eigenvalue weighted by Gasteiger charge is 2.00. The van der Waals surface area contributed by atoms with Crippen molar-refractivity contribution < 1.29 is 4.79 Å². The van der Waals surface area contributed by atoms with Gasteiger partial charge < -0.3 is 15.6 Å². The average molecular weight is 245 g/mol. The molecular formula is C14H19N3O. The summed E-state index contributed by atoms with van der Waals surface area (Å²) in [5.41, 5.74) is 2.37. The lowest BCUT2D eigenvalue weighted by atomic mass is 10.1. The predicted molar refractivity (Wildman–Crippen MR) is 73.3 cm³/mol. The second kappa shape index (κ2) is 6.21. The standard InChI is InChI=1S/C14H19N3O/c1-2-16-14(18)6-7-15-10-11-3-4-12-5-8-17-13(12)9-11/h3-5,8-9,15,17H,2,6-7,10H2,1H3,(H,16,18). The molecule has 0 saturated carbocycles. The highest BCUT2D eigenvalue weighted by atomic mass is 16.1. The fourth-order valence-corrected chi connectivity index (χ4v) is 1.93. The number of hydrogen-bond donors (Lipinski definition) is 3. The van der Waals surface area contributed by atoms with Gasteiger partial charge in [-0.05, 0) is 30.0 Å². The molecule has 1 amide bonds. The molecule has 0 bridgehead atoms. The van der Waals surface area contributed by atoms with Gasteiger partial charge in [-0.2, -0.15) is 0 Å². The number of benzene rings is 1. The SMILES string of the molecule is CCNC(=O)CCNCc1ccc2cc[nH]c2c1. The van der Waals surface area contributed by atoms with Gasteiger partial charge in [0.25, 0.3) is 0 Å². The molecular weight excluding hydrogens is 226 g/mol. The van der Waals surface area contributed by atoms with Crippen molar-refractivity contribution in [3.05, 3.63) is 36.0 Å². The van der Waals surface area contributed by atoms with Crippen LogP contribution in [-0.4, -0.2) is 24.0 Å². The van der Waals surface area contributed by atoms with E-state index in [0.29, 0.717) is 19.5 Å². The largest absolute Gasteiger partial charge is 0.361 e. The molecule has 96 valence electrons. The second-order valence-corrected chi connectivity index (χ2v) is 4.28. The van der Waals surface area contributed by atoms with Gasteiger partial charge in [-0.15, -0.1) is 0 Å². The molecule has 0 aliphatic rings. The van der Waals surface area contributed by atoms with Gasteiger partial charge >= 0.3 is 0 Å². The van der Waals surface area contributed by atoms with Crippen LogP contribution in [0.1, 0.15) is 18.9 Å². The third kappa shape index (κ3) is 3.34. The summed E-state index contributed by atoms with van der Waals surface area (Å²) < 4.78 is 0. The smallest absolute Gasteiger partial charge is 0.221 e. The molecule has 3 N–H and O–H groups in total. The van der Waals surface area contributed by atoms with Gasteiger partial charge in [0.2, 0.25) is 5.91 Å². The van der Waals surface area contributed by atoms with Crippen molar-refractivity contribution in [3.8, 4) is 0 Å². The number of H-pyrrole nitrogens is 1. The van der Waals surface area contributed by atoms with Crippen molar-refractivity contribution in [2.24, 2.45) is 0 Å². The summed E-state index contributed by atoms with van der Waals surface area (Å²) in [6.45, 7) is 4.11. The summed E-state index contributed by atoms with van der Waals surface area (Å²) in [4.78, 5) is 14.4. The Labute approximate surface area is 107 Å². The number of rotatable bonds is 6. The fraction of sp³-hybridized carbons (Fsp3) is 0.357. The highest BCUT2D eigenvalue weighted by Crippen LogP contribution is 2.13. The first-order chi connectivity index (χ1) is 8.79. The molecule has 18 heavy (non-hydrogen) atoms. The van der Waals surface area contributed by atoms with Crippen molar-refractivity contribution in [2.45, 2.75) is 19.9 Å². The summed E-state index contributed by atoms with van der Waals surface area (Å²) in [6.07, 6.45) is 2.47. The van der Waals surface area contributed by atoms with Gasteiger partial charge in [0.15, 0.2) is 0 Å². The van der Waals surface area contributed by atoms with E-state index in [1.165, 1.54) is 10.9 Å². The van der Waals surface area contributed by atoms with Crippen LogP contribution in [-0.2, 0) is 11.3 Å². The Morgan fingerprint density at radius 3 is 3.06 bits per heavy atom. The second-order valence-electron chi connectivity index (χ2n) is 4.28. The molecule has 0 atom stereocenters. The van der Waals surface area contributed by atoms with Crippen LogP contribution >= 0.6 is 0 Å². The number of fused-ring (bicyclic) bond motifs is 1. The maximum atomic E-state index is 11.2. The van der Waals surface area contributed by atoms with Crippen LogP contribution in [0.4, 0.5) is 0 Å². The first-order valence-corrected chi connectivity index (χ1v) is 6.33. The highest BCUT2D eigenvalue weighted by molar-refractivity contribution is 5.79. The molecule has 0 unspecified atom stereocenters. The minimum atomic E-state index is 0.102. The predicted octanol–water partition coefficient (Wildman–Crippen LogP) is 1.78. The van der Waals surface area contributed by atoms with Crippen molar-refractivity contribution in [2.75, 3.05) is 13.1 Å². The van der Waals surface area contributed by atoms with E-state index in [-0.39, 0.29) is 5.91 Å². The molecule has 1 heterocycles. The Hall–Kier alpha value is -1.81. The molecule has 1 aromatic heterocycles. The zero-order valence-corrected chi connectivity index (χ0v) is 10.6. The van der Waals surface area contributed by atoms with Gasteiger partial charge in [0.1, 0.15) is 0 Å². The van der Waals surface area contributed by atoms with Crippen LogP contribution in [0.25, 0.3) is 10.9 Å². The van der Waals surface area contributed by atoms with Crippen molar-refractivity contribution >= 4 is 16.8 Å². The van der Waals surface area contributed by atoms with Gasteiger partial charge in [0.05, 0.1) is 0 Å². The maximum Gasteiger partial charge on any atom is 0.221 e. The molecule has 0 fully saturated rings. The number of carbonyl (C=O) groups excluding carboxylic acids is 1. The third-order valence-electron chi connectivity index (χ3n) is 2.85. The number of aromatic nitrogens is 1. The zero-order chi connectivity index (χ0) is 12.8. The summed E-state index contributed by atoms with van der Waals surface area (Å²) in [7, 11) is 0. The number of amides is 1. The average Bonchev–Trinajstić information content (AvgIpc) is 2.82. The van der Waals surface area contributed by atoms with Crippen LogP contribution in [0.5, 0.6) is 0 Å². The topological polar surface area (TPSA) is 56.9 Å². The van der Waals surface area contributed by atoms with E-state index in [1.807, 2.05) is 13.1 Å². The summed E-state index contributed by atoms with van der Waals surface area (Å²) >= 11 is 0. The molecule has 0 aliphatic heterocycles. The lowest BCUT2D eigenvalue weighted by Gasteiger charge is -2.05. The van der Waals surface area contributed by atoms with Crippen LogP contribution in [0, 0.1) is 0 Å². The fourth-order valence-electron chi connectivity index (χ4n) is 1.93. The number of nitrogens with one attached hydrogen (secondary N) is 3. The van der Waals surface area contributed by atoms with Crippen LogP contribution < -0.4 is 10.6 Å². The van der Waals surface area contributed by atoms with Crippen molar-refractivity contribution in [1.82, 2.24) is 15.6 Å². The molecule has 0 spiro atoms. The van der Waals surface area contributed by atoms with Gasteiger partial charge in [-0.3, -0.25) is 4.79 Å². The van der Waals surface area contributed by atoms with Crippen LogP contribution in [0.3, 0.4) is 0 Å². The Morgan fingerprint density at radius 1 is 1.33 bits per heavy atom. The quantitative estimate of drug-likeness (QED) is 0.679. The van der Waals surface area contributed by atoms with E-state index in [9.17, 15) is 4.79 Å². The molecule has 2 rings (SSSR count). The van der Waals surface area contributed by atoms with E-state index in [4.69, 9.17) is 0 Å². The summed E-state index contributed by atoms with van der Waals surface area (Å²) in [5, 5.41) is 7.28. The van der Waals surface area contributed by atoms with Crippen molar-refractivity contribution in [3.63, 3.8) is 0 Å². The molecule has 0 saturated heterocycles. The molecule has 0 aliphatic carbocycles. The van der Waals surface area contributed by atoms with Crippen LogP contribution in [0.2, 0.25) is 0 Å². The minimum absolute atomic E-state index is 0.102. The summed E-state index contributed by atoms with van der Waals surface area (Å²) in [5.74, 6) is 0.102. The molecule has 4 nitrogen and oxygen atoms in total. The Bertz CT molecular complexity index is 518. The first-order valence-electron chi connectivity index (χ1n) is 6.33. The lowest BCUT2D eigenvalue weighted by Crippen LogP contribution is -2.27. The zero-order valence-electron chi connectivity index (χ0n) is 10.6. The molecule has 2 aromatic rings. The van der Waals surface area contributed by atoms with Gasteiger partial charge in [-0.25, -0.2) is 0 Å². The summed E-state index contributed by atoms with van der Waals surface area (Å²) in [6, 6.07) is 8.40. The monoisotopic (exact) mass is 245 g/mol. The Balaban J connectivity index is 1.77. The minimum Gasteiger partial charge on any atom is -0.361 e. The number of carbonyl (C=O) groups is 1. The maximum absolute atomic E-state index is 11.2. The van der Waals surface area contributed by atoms with E-state index in [0.717, 1.165) is 12.1 Å². The van der Waals surface area contributed by atoms with Gasteiger partial charge in [0, 0.05) is 37.8 Å². The Kier molecular flexibility index (Phi) is 4.36. The van der Waals surface area contributed by atoms with Crippen LogP contribution in [0.15, 0.2) is 30.5 Å². The van der Waals surface area contributed by atoms with E-state index >= 15 is 0 Å². The van der Waals surface area contributed by atoms with E-state index in [2.05, 4.69) is 39.9 Å². The third-order valence-corrected chi connectivity index (χ3v) is 2.85. The number of aromatic amines is 1. The molecule has 1 aromatic carbocycles. The molecule has 0 radical (unpaired) electrons. The normalized spacial score (nSPS) is 10.7. The van der Waals surface area contributed by atoms with Gasteiger partial charge in [-0.1, -0.05) is 12.1 Å². The molecule has 4 heteroatoms. The Morgan fingerprint density at radius 2 is 2.22 bits per heavy atom.